The summed E-state index contributed by atoms with van der Waals surface area (Å²) in [6.07, 6.45) is 1.74. The maximum Gasteiger partial charge on any atom is 0.165 e. The predicted octanol–water partition coefficient (Wildman–Crippen LogP) is 2.65. The van der Waals surface area contributed by atoms with Gasteiger partial charge in [0.25, 0.3) is 0 Å². The fraction of sp³-hybridized carbons (Fsp3) is 0.538. The molecular weight excluding hydrogens is 221 g/mol. The van der Waals surface area contributed by atoms with Crippen molar-refractivity contribution < 1.29 is 13.9 Å². The summed E-state index contributed by atoms with van der Waals surface area (Å²) in [7, 11) is 3.06. The average Bonchev–Trinajstić information content (AvgIpc) is 2.35. The van der Waals surface area contributed by atoms with E-state index in [0.717, 1.165) is 18.4 Å². The first-order valence-corrected chi connectivity index (χ1v) is 5.75. The van der Waals surface area contributed by atoms with Crippen molar-refractivity contribution in [2.45, 2.75) is 31.9 Å². The Morgan fingerprint density at radius 2 is 2.06 bits per heavy atom. The Labute approximate surface area is 102 Å². The summed E-state index contributed by atoms with van der Waals surface area (Å²) in [5.41, 5.74) is 6.79. The first-order chi connectivity index (χ1) is 8.13. The van der Waals surface area contributed by atoms with Gasteiger partial charge in [-0.1, -0.05) is 19.4 Å². The topological polar surface area (TPSA) is 44.5 Å². The Hall–Kier alpha value is -1.13. The van der Waals surface area contributed by atoms with Gasteiger partial charge in [0.1, 0.15) is 0 Å². The summed E-state index contributed by atoms with van der Waals surface area (Å²) in [6, 6.07) is 4.45. The van der Waals surface area contributed by atoms with E-state index in [1.807, 2.05) is 0 Å². The fourth-order valence-electron chi connectivity index (χ4n) is 1.83. The van der Waals surface area contributed by atoms with E-state index in [2.05, 4.69) is 6.92 Å². The van der Waals surface area contributed by atoms with Gasteiger partial charge in [-0.15, -0.1) is 0 Å². The first-order valence-electron chi connectivity index (χ1n) is 5.75. The zero-order valence-corrected chi connectivity index (χ0v) is 10.6. The summed E-state index contributed by atoms with van der Waals surface area (Å²) in [5, 5.41) is 0. The molecule has 4 heteroatoms. The minimum absolute atomic E-state index is 0.0900. The molecule has 17 heavy (non-hydrogen) atoms. The molecule has 0 radical (unpaired) electrons. The molecule has 1 aromatic carbocycles. The highest BCUT2D eigenvalue weighted by atomic mass is 19.1. The molecule has 0 aromatic heterocycles. The van der Waals surface area contributed by atoms with Crippen molar-refractivity contribution in [2.75, 3.05) is 14.2 Å². The number of hydrogen-bond acceptors (Lipinski definition) is 3. The Balaban J connectivity index is 2.87. The molecule has 96 valence electrons. The van der Waals surface area contributed by atoms with Crippen molar-refractivity contribution >= 4 is 0 Å². The van der Waals surface area contributed by atoms with Crippen LogP contribution in [0.5, 0.6) is 5.75 Å². The van der Waals surface area contributed by atoms with Gasteiger partial charge in [0.15, 0.2) is 11.6 Å². The molecule has 0 aliphatic heterocycles. The van der Waals surface area contributed by atoms with E-state index in [9.17, 15) is 4.39 Å². The maximum absolute atomic E-state index is 13.5. The molecule has 0 aliphatic carbocycles. The zero-order valence-electron chi connectivity index (χ0n) is 10.6. The molecule has 0 fully saturated rings. The third-order valence-corrected chi connectivity index (χ3v) is 2.84. The predicted molar refractivity (Wildman–Crippen MR) is 65.6 cm³/mol. The Kier molecular flexibility index (Phi) is 5.38. The summed E-state index contributed by atoms with van der Waals surface area (Å²) < 4.78 is 23.7. The van der Waals surface area contributed by atoms with Gasteiger partial charge in [0, 0.05) is 7.11 Å². The van der Waals surface area contributed by atoms with Crippen LogP contribution in [0.1, 0.15) is 31.4 Å². The van der Waals surface area contributed by atoms with Crippen LogP contribution in [-0.2, 0) is 4.74 Å². The maximum atomic E-state index is 13.5. The van der Waals surface area contributed by atoms with E-state index in [-0.39, 0.29) is 17.9 Å². The normalized spacial score (nSPS) is 14.4. The molecule has 0 heterocycles. The van der Waals surface area contributed by atoms with E-state index in [0.29, 0.717) is 0 Å². The van der Waals surface area contributed by atoms with Gasteiger partial charge in [0.05, 0.1) is 19.3 Å². The number of rotatable bonds is 6. The smallest absolute Gasteiger partial charge is 0.165 e. The van der Waals surface area contributed by atoms with Gasteiger partial charge in [-0.25, -0.2) is 4.39 Å². The van der Waals surface area contributed by atoms with Crippen LogP contribution in [0.25, 0.3) is 0 Å². The first kappa shape index (κ1) is 13.9. The van der Waals surface area contributed by atoms with Crippen LogP contribution >= 0.6 is 0 Å². The Morgan fingerprint density at radius 1 is 1.35 bits per heavy atom. The Morgan fingerprint density at radius 3 is 2.53 bits per heavy atom. The van der Waals surface area contributed by atoms with Gasteiger partial charge in [-0.3, -0.25) is 0 Å². The van der Waals surface area contributed by atoms with Crippen molar-refractivity contribution in [3.63, 3.8) is 0 Å². The molecule has 1 rings (SSSR count). The molecule has 0 saturated carbocycles. The number of benzene rings is 1. The summed E-state index contributed by atoms with van der Waals surface area (Å²) >= 11 is 0. The molecule has 3 nitrogen and oxygen atoms in total. The second-order valence-corrected chi connectivity index (χ2v) is 3.98. The lowest BCUT2D eigenvalue weighted by molar-refractivity contribution is 0.0724. The van der Waals surface area contributed by atoms with Crippen molar-refractivity contribution in [3.8, 4) is 5.75 Å². The molecule has 2 N–H and O–H groups in total. The number of ether oxygens (including phenoxy) is 2. The lowest BCUT2D eigenvalue weighted by Crippen LogP contribution is -2.28. The van der Waals surface area contributed by atoms with E-state index in [1.54, 1.807) is 19.2 Å². The van der Waals surface area contributed by atoms with E-state index in [1.165, 1.54) is 13.2 Å². The minimum atomic E-state index is -0.396. The Bertz CT molecular complexity index is 357. The average molecular weight is 241 g/mol. The molecule has 0 aliphatic rings. The van der Waals surface area contributed by atoms with Crippen LogP contribution < -0.4 is 10.5 Å². The van der Waals surface area contributed by atoms with Crippen LogP contribution in [0.2, 0.25) is 0 Å². The molecule has 2 unspecified atom stereocenters. The van der Waals surface area contributed by atoms with Crippen molar-refractivity contribution in [2.24, 2.45) is 5.73 Å². The summed E-state index contributed by atoms with van der Waals surface area (Å²) in [6.45, 7) is 2.06. The standard InChI is InChI=1S/C13H20FNO2/c1-4-5-12(17-3)13(15)9-6-7-11(16-2)10(14)8-9/h6-8,12-13H,4-5,15H2,1-3H3. The van der Waals surface area contributed by atoms with Crippen LogP contribution in [0.4, 0.5) is 4.39 Å². The highest BCUT2D eigenvalue weighted by molar-refractivity contribution is 5.31. The molecule has 0 amide bonds. The largest absolute Gasteiger partial charge is 0.494 e. The van der Waals surface area contributed by atoms with Crippen molar-refractivity contribution in [1.29, 1.82) is 0 Å². The van der Waals surface area contributed by atoms with E-state index >= 15 is 0 Å². The number of halogens is 1. The van der Waals surface area contributed by atoms with Gasteiger partial charge in [-0.05, 0) is 24.1 Å². The molecule has 2 atom stereocenters. The van der Waals surface area contributed by atoms with Gasteiger partial charge in [-0.2, -0.15) is 0 Å². The van der Waals surface area contributed by atoms with Gasteiger partial charge >= 0.3 is 0 Å². The van der Waals surface area contributed by atoms with Crippen LogP contribution in [-0.4, -0.2) is 20.3 Å². The number of hydrogen-bond donors (Lipinski definition) is 1. The van der Waals surface area contributed by atoms with Crippen molar-refractivity contribution in [3.05, 3.63) is 29.6 Å². The van der Waals surface area contributed by atoms with Crippen LogP contribution in [0.3, 0.4) is 0 Å². The highest BCUT2D eigenvalue weighted by Gasteiger charge is 2.19. The lowest BCUT2D eigenvalue weighted by atomic mass is 9.99. The van der Waals surface area contributed by atoms with Gasteiger partial charge in [0.2, 0.25) is 0 Å². The van der Waals surface area contributed by atoms with Crippen LogP contribution in [0, 0.1) is 5.82 Å². The molecule has 1 aromatic rings. The second kappa shape index (κ2) is 6.57. The molecular formula is C13H20FNO2. The number of methoxy groups -OCH3 is 2. The monoisotopic (exact) mass is 241 g/mol. The fourth-order valence-corrected chi connectivity index (χ4v) is 1.83. The van der Waals surface area contributed by atoms with E-state index < -0.39 is 5.82 Å². The van der Waals surface area contributed by atoms with Crippen LogP contribution in [0.15, 0.2) is 18.2 Å². The zero-order chi connectivity index (χ0) is 12.8. The second-order valence-electron chi connectivity index (χ2n) is 3.98. The third kappa shape index (κ3) is 3.41. The SMILES string of the molecule is CCCC(OC)C(N)c1ccc(OC)c(F)c1. The van der Waals surface area contributed by atoms with Gasteiger partial charge < -0.3 is 15.2 Å². The van der Waals surface area contributed by atoms with Crippen molar-refractivity contribution in [1.82, 2.24) is 0 Å². The molecule has 0 spiro atoms. The van der Waals surface area contributed by atoms with E-state index in [4.69, 9.17) is 15.2 Å². The molecule has 0 saturated heterocycles. The molecule has 0 bridgehead atoms. The summed E-state index contributed by atoms with van der Waals surface area (Å²) in [4.78, 5) is 0. The quantitative estimate of drug-likeness (QED) is 0.832. The lowest BCUT2D eigenvalue weighted by Gasteiger charge is -2.22. The summed E-state index contributed by atoms with van der Waals surface area (Å²) in [5.74, 6) is -0.169. The number of nitrogens with two attached hydrogens (primary N) is 1. The highest BCUT2D eigenvalue weighted by Crippen LogP contribution is 2.24. The third-order valence-electron chi connectivity index (χ3n) is 2.84. The minimum Gasteiger partial charge on any atom is -0.494 e.